The average molecular weight is 353 g/mol. The number of para-hydroxylation sites is 2. The van der Waals surface area contributed by atoms with Crippen molar-refractivity contribution < 1.29 is 14.8 Å². The first-order valence-electron chi connectivity index (χ1n) is 8.90. The Bertz CT molecular complexity index is 834. The first kappa shape index (κ1) is 18.3. The van der Waals surface area contributed by atoms with Crippen LogP contribution < -0.4 is 10.1 Å². The van der Waals surface area contributed by atoms with E-state index in [0.717, 1.165) is 54.2 Å². The quantitative estimate of drug-likeness (QED) is 0.406. The number of benzene rings is 2. The van der Waals surface area contributed by atoms with Gasteiger partial charge in [-0.1, -0.05) is 25.0 Å². The Morgan fingerprint density at radius 3 is 2.54 bits per heavy atom. The van der Waals surface area contributed by atoms with E-state index in [9.17, 15) is 0 Å². The smallest absolute Gasteiger partial charge is 0.451 e. The molecule has 2 aromatic carbocycles. The standard InChI is InChI=1S/C19H24BN3O3/c1-26-16-11-9-15(10-12-16)21-19-22-17-7-3-4-8-18(17)23(19)14-6-2-5-13-20(24)25/h3-4,7-12,24-25H,2,5-6,13-14H2,1H3,(H,21,22). The lowest BCUT2D eigenvalue weighted by Gasteiger charge is -2.11. The zero-order chi connectivity index (χ0) is 18.4. The molecular formula is C19H24BN3O3. The summed E-state index contributed by atoms with van der Waals surface area (Å²) in [6.07, 6.45) is 3.10. The summed E-state index contributed by atoms with van der Waals surface area (Å²) >= 11 is 0. The molecule has 7 heteroatoms. The zero-order valence-corrected chi connectivity index (χ0v) is 14.9. The Morgan fingerprint density at radius 2 is 1.81 bits per heavy atom. The summed E-state index contributed by atoms with van der Waals surface area (Å²) in [7, 11) is 0.439. The van der Waals surface area contributed by atoms with Crippen molar-refractivity contribution in [1.29, 1.82) is 0 Å². The van der Waals surface area contributed by atoms with Crippen LogP contribution in [0.1, 0.15) is 19.3 Å². The third-order valence-corrected chi connectivity index (χ3v) is 4.34. The fourth-order valence-corrected chi connectivity index (χ4v) is 2.97. The van der Waals surface area contributed by atoms with Gasteiger partial charge in [-0.15, -0.1) is 0 Å². The normalized spacial score (nSPS) is 10.9. The van der Waals surface area contributed by atoms with Gasteiger partial charge >= 0.3 is 7.12 Å². The molecule has 3 N–H and O–H groups in total. The van der Waals surface area contributed by atoms with Crippen molar-refractivity contribution in [2.45, 2.75) is 32.1 Å². The minimum Gasteiger partial charge on any atom is -0.497 e. The van der Waals surface area contributed by atoms with Crippen LogP contribution in [0.25, 0.3) is 11.0 Å². The molecule has 0 unspecified atom stereocenters. The van der Waals surface area contributed by atoms with Gasteiger partial charge in [-0.3, -0.25) is 0 Å². The Labute approximate surface area is 153 Å². The van der Waals surface area contributed by atoms with Crippen LogP contribution in [-0.2, 0) is 6.54 Å². The summed E-state index contributed by atoms with van der Waals surface area (Å²) in [5.41, 5.74) is 2.99. The van der Waals surface area contributed by atoms with Gasteiger partial charge in [-0.25, -0.2) is 4.98 Å². The van der Waals surface area contributed by atoms with Gasteiger partial charge < -0.3 is 24.7 Å². The highest BCUT2D eigenvalue weighted by Crippen LogP contribution is 2.24. The van der Waals surface area contributed by atoms with E-state index >= 15 is 0 Å². The molecule has 0 radical (unpaired) electrons. The molecule has 0 spiro atoms. The Balaban J connectivity index is 1.75. The van der Waals surface area contributed by atoms with E-state index in [-0.39, 0.29) is 0 Å². The second-order valence-corrected chi connectivity index (χ2v) is 6.26. The lowest BCUT2D eigenvalue weighted by molar-refractivity contribution is 0.401. The number of aryl methyl sites for hydroxylation is 1. The number of fused-ring (bicyclic) bond motifs is 1. The lowest BCUT2D eigenvalue weighted by Crippen LogP contribution is -2.09. The first-order chi connectivity index (χ1) is 12.7. The van der Waals surface area contributed by atoms with Gasteiger partial charge in [-0.05, 0) is 49.1 Å². The molecule has 0 saturated heterocycles. The van der Waals surface area contributed by atoms with Gasteiger partial charge in [-0.2, -0.15) is 0 Å². The highest BCUT2D eigenvalue weighted by molar-refractivity contribution is 6.40. The SMILES string of the molecule is COc1ccc(Nc2nc3ccccc3n2CCCCCB(O)O)cc1. The molecule has 1 aromatic heterocycles. The topological polar surface area (TPSA) is 79.5 Å². The number of hydrogen-bond donors (Lipinski definition) is 3. The molecule has 0 aliphatic rings. The number of aromatic nitrogens is 2. The molecule has 3 rings (SSSR count). The molecular weight excluding hydrogens is 329 g/mol. The van der Waals surface area contributed by atoms with E-state index in [4.69, 9.17) is 19.8 Å². The first-order valence-corrected chi connectivity index (χ1v) is 8.90. The summed E-state index contributed by atoms with van der Waals surface area (Å²) in [6, 6.07) is 15.8. The van der Waals surface area contributed by atoms with Crippen molar-refractivity contribution in [1.82, 2.24) is 9.55 Å². The van der Waals surface area contributed by atoms with Crippen molar-refractivity contribution in [3.8, 4) is 5.75 Å². The van der Waals surface area contributed by atoms with Crippen LogP contribution >= 0.6 is 0 Å². The van der Waals surface area contributed by atoms with Crippen molar-refractivity contribution in [2.24, 2.45) is 0 Å². The van der Waals surface area contributed by atoms with E-state index in [0.29, 0.717) is 6.32 Å². The minimum absolute atomic E-state index is 0.418. The largest absolute Gasteiger partial charge is 0.497 e. The molecule has 3 aromatic rings. The van der Waals surface area contributed by atoms with Gasteiger partial charge in [0.05, 0.1) is 18.1 Å². The van der Waals surface area contributed by atoms with Crippen LogP contribution in [0.4, 0.5) is 11.6 Å². The van der Waals surface area contributed by atoms with Gasteiger partial charge in [0.15, 0.2) is 0 Å². The van der Waals surface area contributed by atoms with E-state index in [2.05, 4.69) is 16.0 Å². The predicted octanol–water partition coefficient (Wildman–Crippen LogP) is 3.43. The van der Waals surface area contributed by atoms with Crippen LogP contribution in [-0.4, -0.2) is 33.8 Å². The van der Waals surface area contributed by atoms with E-state index in [1.165, 1.54) is 0 Å². The van der Waals surface area contributed by atoms with Crippen LogP contribution in [0.15, 0.2) is 48.5 Å². The molecule has 0 aliphatic carbocycles. The zero-order valence-electron chi connectivity index (χ0n) is 14.9. The summed E-state index contributed by atoms with van der Waals surface area (Å²) in [5, 5.41) is 21.3. The summed E-state index contributed by atoms with van der Waals surface area (Å²) in [5.74, 6) is 1.62. The Morgan fingerprint density at radius 1 is 1.04 bits per heavy atom. The summed E-state index contributed by atoms with van der Waals surface area (Å²) < 4.78 is 7.38. The van der Waals surface area contributed by atoms with Crippen LogP contribution in [0.3, 0.4) is 0 Å². The maximum absolute atomic E-state index is 8.94. The molecule has 0 atom stereocenters. The second kappa shape index (κ2) is 8.73. The van der Waals surface area contributed by atoms with Crippen molar-refractivity contribution in [3.05, 3.63) is 48.5 Å². The van der Waals surface area contributed by atoms with Crippen LogP contribution in [0.2, 0.25) is 6.32 Å². The monoisotopic (exact) mass is 353 g/mol. The number of imidazole rings is 1. The summed E-state index contributed by atoms with van der Waals surface area (Å²) in [6.45, 7) is 0.820. The molecule has 0 amide bonds. The number of rotatable bonds is 9. The second-order valence-electron chi connectivity index (χ2n) is 6.26. The fraction of sp³-hybridized carbons (Fsp3) is 0.316. The third-order valence-electron chi connectivity index (χ3n) is 4.34. The molecule has 0 aliphatic heterocycles. The highest BCUT2D eigenvalue weighted by atomic mass is 16.5. The molecule has 0 saturated carbocycles. The van der Waals surface area contributed by atoms with Crippen molar-refractivity contribution in [3.63, 3.8) is 0 Å². The van der Waals surface area contributed by atoms with Gasteiger partial charge in [0.1, 0.15) is 5.75 Å². The van der Waals surface area contributed by atoms with E-state index < -0.39 is 7.12 Å². The lowest BCUT2D eigenvalue weighted by atomic mass is 9.83. The molecule has 0 bridgehead atoms. The van der Waals surface area contributed by atoms with Gasteiger partial charge in [0, 0.05) is 12.2 Å². The molecule has 26 heavy (non-hydrogen) atoms. The highest BCUT2D eigenvalue weighted by Gasteiger charge is 2.11. The average Bonchev–Trinajstić information content (AvgIpc) is 2.99. The number of unbranched alkanes of at least 4 members (excludes halogenated alkanes) is 2. The number of nitrogens with zero attached hydrogens (tertiary/aromatic N) is 2. The number of ether oxygens (including phenoxy) is 1. The number of methoxy groups -OCH3 is 1. The van der Waals surface area contributed by atoms with Crippen LogP contribution in [0.5, 0.6) is 5.75 Å². The van der Waals surface area contributed by atoms with Gasteiger partial charge in [0.25, 0.3) is 0 Å². The Hall–Kier alpha value is -2.51. The minimum atomic E-state index is -1.21. The predicted molar refractivity (Wildman–Crippen MR) is 105 cm³/mol. The van der Waals surface area contributed by atoms with Crippen LogP contribution in [0, 0.1) is 0 Å². The summed E-state index contributed by atoms with van der Waals surface area (Å²) in [4.78, 5) is 4.72. The third kappa shape index (κ3) is 4.56. The Kier molecular flexibility index (Phi) is 6.14. The fourth-order valence-electron chi connectivity index (χ4n) is 2.97. The maximum Gasteiger partial charge on any atom is 0.451 e. The maximum atomic E-state index is 8.94. The van der Waals surface area contributed by atoms with Crippen molar-refractivity contribution >= 4 is 29.8 Å². The molecule has 6 nitrogen and oxygen atoms in total. The number of anilines is 2. The van der Waals surface area contributed by atoms with E-state index in [1.54, 1.807) is 7.11 Å². The number of hydrogen-bond acceptors (Lipinski definition) is 5. The number of nitrogens with one attached hydrogen (secondary N) is 1. The van der Waals surface area contributed by atoms with Gasteiger partial charge in [0.2, 0.25) is 5.95 Å². The molecule has 0 fully saturated rings. The van der Waals surface area contributed by atoms with Crippen molar-refractivity contribution in [2.75, 3.05) is 12.4 Å². The molecule has 1 heterocycles. The molecule has 136 valence electrons. The van der Waals surface area contributed by atoms with E-state index in [1.807, 2.05) is 42.5 Å².